The molecule has 0 saturated carbocycles. The Bertz CT molecular complexity index is 925. The Kier molecular flexibility index (Phi) is 6.16. The van der Waals surface area contributed by atoms with E-state index in [1.54, 1.807) is 24.3 Å². The number of hydrogen-bond acceptors (Lipinski definition) is 5. The van der Waals surface area contributed by atoms with Crippen LogP contribution in [0.15, 0.2) is 42.0 Å². The molecule has 1 aliphatic heterocycles. The van der Waals surface area contributed by atoms with Crippen molar-refractivity contribution < 1.29 is 24.9 Å². The molecule has 29 heavy (non-hydrogen) atoms. The summed E-state index contributed by atoms with van der Waals surface area (Å²) in [5.41, 5.74) is 2.58. The SMILES string of the molecule is CC(=CCc1c(O)cc(O)c2c1O[C@H](c1ccc(O)cc1)CC2=O)CCC(C)C. The molecule has 2 aromatic carbocycles. The highest BCUT2D eigenvalue weighted by molar-refractivity contribution is 6.03. The van der Waals surface area contributed by atoms with Crippen LogP contribution in [-0.4, -0.2) is 21.1 Å². The highest BCUT2D eigenvalue weighted by atomic mass is 16.5. The van der Waals surface area contributed by atoms with Crippen molar-refractivity contribution in [3.05, 3.63) is 58.7 Å². The van der Waals surface area contributed by atoms with Crippen molar-refractivity contribution in [1.82, 2.24) is 0 Å². The summed E-state index contributed by atoms with van der Waals surface area (Å²) in [4.78, 5) is 12.7. The smallest absolute Gasteiger partial charge is 0.174 e. The van der Waals surface area contributed by atoms with Gasteiger partial charge in [-0.2, -0.15) is 0 Å². The summed E-state index contributed by atoms with van der Waals surface area (Å²) in [6, 6.07) is 7.71. The average molecular weight is 396 g/mol. The Morgan fingerprint density at radius 3 is 2.52 bits per heavy atom. The third kappa shape index (κ3) is 4.73. The van der Waals surface area contributed by atoms with Crippen LogP contribution < -0.4 is 4.74 Å². The minimum Gasteiger partial charge on any atom is -0.508 e. The third-order valence-electron chi connectivity index (χ3n) is 5.29. The van der Waals surface area contributed by atoms with Gasteiger partial charge in [0.2, 0.25) is 0 Å². The molecular weight excluding hydrogens is 368 g/mol. The Balaban J connectivity index is 1.94. The topological polar surface area (TPSA) is 87.0 Å². The van der Waals surface area contributed by atoms with Gasteiger partial charge in [-0.25, -0.2) is 0 Å². The number of carbonyl (C=O) groups is 1. The van der Waals surface area contributed by atoms with Gasteiger partial charge in [0, 0.05) is 11.6 Å². The normalized spacial score (nSPS) is 16.6. The third-order valence-corrected chi connectivity index (χ3v) is 5.29. The zero-order valence-corrected chi connectivity index (χ0v) is 17.1. The molecule has 1 aliphatic rings. The van der Waals surface area contributed by atoms with Crippen molar-refractivity contribution in [2.75, 3.05) is 0 Å². The number of phenolic OH excluding ortho intramolecular Hbond substituents is 3. The molecule has 5 heteroatoms. The summed E-state index contributed by atoms with van der Waals surface area (Å²) in [6.45, 7) is 6.41. The van der Waals surface area contributed by atoms with Crippen molar-refractivity contribution in [3.63, 3.8) is 0 Å². The molecule has 2 aromatic rings. The molecule has 0 bridgehead atoms. The van der Waals surface area contributed by atoms with Crippen molar-refractivity contribution >= 4 is 5.78 Å². The molecule has 0 fully saturated rings. The van der Waals surface area contributed by atoms with E-state index in [0.717, 1.165) is 18.4 Å². The number of phenols is 3. The Hall–Kier alpha value is -2.95. The van der Waals surface area contributed by atoms with Crippen LogP contribution in [0.1, 0.15) is 67.6 Å². The van der Waals surface area contributed by atoms with Crippen LogP contribution >= 0.6 is 0 Å². The second kappa shape index (κ2) is 8.60. The van der Waals surface area contributed by atoms with E-state index in [1.807, 2.05) is 6.08 Å². The molecular formula is C24H28O5. The average Bonchev–Trinajstić information content (AvgIpc) is 2.66. The number of carbonyl (C=O) groups excluding carboxylic acids is 1. The number of Topliss-reactive ketones (excluding diaryl/α,β-unsaturated/α-hetero) is 1. The molecule has 0 spiro atoms. The van der Waals surface area contributed by atoms with E-state index in [2.05, 4.69) is 20.8 Å². The highest BCUT2D eigenvalue weighted by Gasteiger charge is 2.33. The Morgan fingerprint density at radius 2 is 1.86 bits per heavy atom. The zero-order valence-electron chi connectivity index (χ0n) is 17.1. The predicted molar refractivity (Wildman–Crippen MR) is 112 cm³/mol. The molecule has 0 saturated heterocycles. The number of benzene rings is 2. The molecule has 0 unspecified atom stereocenters. The van der Waals surface area contributed by atoms with E-state index in [-0.39, 0.29) is 40.8 Å². The van der Waals surface area contributed by atoms with E-state index in [4.69, 9.17) is 4.74 Å². The summed E-state index contributed by atoms with van der Waals surface area (Å²) in [5, 5.41) is 30.2. The van der Waals surface area contributed by atoms with Gasteiger partial charge in [0.05, 0.1) is 6.42 Å². The van der Waals surface area contributed by atoms with E-state index < -0.39 is 6.10 Å². The second-order valence-corrected chi connectivity index (χ2v) is 8.11. The maximum atomic E-state index is 12.7. The lowest BCUT2D eigenvalue weighted by atomic mass is 9.92. The van der Waals surface area contributed by atoms with Crippen molar-refractivity contribution in [2.45, 2.75) is 52.6 Å². The number of hydrogen-bond donors (Lipinski definition) is 3. The summed E-state index contributed by atoms with van der Waals surface area (Å²) in [7, 11) is 0. The van der Waals surface area contributed by atoms with Crippen LogP contribution in [0.25, 0.3) is 0 Å². The lowest BCUT2D eigenvalue weighted by molar-refractivity contribution is 0.0842. The first-order chi connectivity index (χ1) is 13.8. The number of allylic oxidation sites excluding steroid dienone is 2. The van der Waals surface area contributed by atoms with Crippen LogP contribution in [0.4, 0.5) is 0 Å². The minimum atomic E-state index is -0.540. The number of rotatable bonds is 6. The minimum absolute atomic E-state index is 0.0821. The van der Waals surface area contributed by atoms with Gasteiger partial charge in [0.25, 0.3) is 0 Å². The Morgan fingerprint density at radius 1 is 1.17 bits per heavy atom. The first-order valence-corrected chi connectivity index (χ1v) is 9.98. The maximum Gasteiger partial charge on any atom is 0.174 e. The number of ketones is 1. The molecule has 3 rings (SSSR count). The van der Waals surface area contributed by atoms with Crippen LogP contribution in [-0.2, 0) is 6.42 Å². The van der Waals surface area contributed by atoms with Crippen molar-refractivity contribution in [3.8, 4) is 23.0 Å². The van der Waals surface area contributed by atoms with Crippen LogP contribution in [0.5, 0.6) is 23.0 Å². The van der Waals surface area contributed by atoms with Gasteiger partial charge in [-0.1, -0.05) is 37.6 Å². The Labute approximate surface area is 171 Å². The summed E-state index contributed by atoms with van der Waals surface area (Å²) < 4.78 is 6.10. The van der Waals surface area contributed by atoms with Gasteiger partial charge in [0.1, 0.15) is 34.7 Å². The standard InChI is InChI=1S/C24H28O5/c1-14(2)4-5-15(3)6-11-18-19(26)12-20(27)23-21(28)13-22(29-24(18)23)16-7-9-17(25)10-8-16/h6-10,12,14,22,25-27H,4-5,11,13H2,1-3H3/t22-/m0/s1. The number of fused-ring (bicyclic) bond motifs is 1. The number of ether oxygens (including phenoxy) is 1. The van der Waals surface area contributed by atoms with Crippen LogP contribution in [0.3, 0.4) is 0 Å². The van der Waals surface area contributed by atoms with Gasteiger partial charge in [-0.05, 0) is 49.8 Å². The monoisotopic (exact) mass is 396 g/mol. The van der Waals surface area contributed by atoms with E-state index in [9.17, 15) is 20.1 Å². The summed E-state index contributed by atoms with van der Waals surface area (Å²) in [5.74, 6) is 0.395. The molecule has 1 atom stereocenters. The predicted octanol–water partition coefficient (Wildman–Crippen LogP) is 5.43. The van der Waals surface area contributed by atoms with Crippen LogP contribution in [0, 0.1) is 5.92 Å². The van der Waals surface area contributed by atoms with Gasteiger partial charge in [0.15, 0.2) is 5.78 Å². The molecule has 0 radical (unpaired) electrons. The molecule has 3 N–H and O–H groups in total. The van der Waals surface area contributed by atoms with E-state index in [1.165, 1.54) is 11.6 Å². The highest BCUT2D eigenvalue weighted by Crippen LogP contribution is 2.45. The van der Waals surface area contributed by atoms with Crippen molar-refractivity contribution in [2.24, 2.45) is 5.92 Å². The summed E-state index contributed by atoms with van der Waals surface area (Å²) >= 11 is 0. The molecule has 0 amide bonds. The quantitative estimate of drug-likeness (QED) is 0.566. The molecule has 0 aliphatic carbocycles. The number of aromatic hydroxyl groups is 3. The fraction of sp³-hybridized carbons (Fsp3) is 0.375. The van der Waals surface area contributed by atoms with Gasteiger partial charge in [-0.15, -0.1) is 0 Å². The van der Waals surface area contributed by atoms with E-state index in [0.29, 0.717) is 17.9 Å². The van der Waals surface area contributed by atoms with Gasteiger partial charge in [-0.3, -0.25) is 4.79 Å². The maximum absolute atomic E-state index is 12.7. The molecule has 0 aromatic heterocycles. The molecule has 5 nitrogen and oxygen atoms in total. The lowest BCUT2D eigenvalue weighted by Gasteiger charge is -2.28. The first-order valence-electron chi connectivity index (χ1n) is 9.98. The molecule has 1 heterocycles. The lowest BCUT2D eigenvalue weighted by Crippen LogP contribution is -2.21. The zero-order chi connectivity index (χ0) is 21.1. The fourth-order valence-electron chi connectivity index (χ4n) is 3.49. The van der Waals surface area contributed by atoms with Crippen LogP contribution in [0.2, 0.25) is 0 Å². The second-order valence-electron chi connectivity index (χ2n) is 8.11. The largest absolute Gasteiger partial charge is 0.508 e. The first kappa shape index (κ1) is 20.8. The van der Waals surface area contributed by atoms with E-state index >= 15 is 0 Å². The van der Waals surface area contributed by atoms with Gasteiger partial charge >= 0.3 is 0 Å². The molecule has 154 valence electrons. The fourth-order valence-corrected chi connectivity index (χ4v) is 3.49. The summed E-state index contributed by atoms with van der Waals surface area (Å²) in [6.07, 6.45) is 4.04. The van der Waals surface area contributed by atoms with Crippen molar-refractivity contribution in [1.29, 1.82) is 0 Å². The van der Waals surface area contributed by atoms with Gasteiger partial charge < -0.3 is 20.1 Å².